The highest BCUT2D eigenvalue weighted by Crippen LogP contribution is 2.32. The van der Waals surface area contributed by atoms with E-state index in [-0.39, 0.29) is 17.3 Å². The minimum atomic E-state index is -0.283. The van der Waals surface area contributed by atoms with E-state index in [0.717, 1.165) is 18.4 Å². The van der Waals surface area contributed by atoms with Crippen molar-refractivity contribution in [1.82, 2.24) is 9.55 Å². The first-order chi connectivity index (χ1) is 7.68. The number of para-hydroxylation sites is 1. The highest BCUT2D eigenvalue weighted by atomic mass is 16.2. The molecule has 2 aromatic rings. The van der Waals surface area contributed by atoms with E-state index in [1.54, 1.807) is 6.07 Å². The van der Waals surface area contributed by atoms with E-state index in [9.17, 15) is 9.59 Å². The SMILES string of the molecule is Cc1cccc2c(=O)n(C3CC3)c(=O)[nH]c12. The molecule has 4 nitrogen and oxygen atoms in total. The normalized spacial score (nSPS) is 15.6. The quantitative estimate of drug-likeness (QED) is 0.781. The topological polar surface area (TPSA) is 54.9 Å². The number of benzene rings is 1. The van der Waals surface area contributed by atoms with Gasteiger partial charge < -0.3 is 4.98 Å². The summed E-state index contributed by atoms with van der Waals surface area (Å²) in [6, 6.07) is 5.61. The van der Waals surface area contributed by atoms with Gasteiger partial charge in [-0.1, -0.05) is 12.1 Å². The summed E-state index contributed by atoms with van der Waals surface area (Å²) in [5, 5.41) is 0.603. The summed E-state index contributed by atoms with van der Waals surface area (Å²) in [7, 11) is 0. The van der Waals surface area contributed by atoms with Crippen LogP contribution in [0.4, 0.5) is 0 Å². The van der Waals surface area contributed by atoms with Crippen molar-refractivity contribution < 1.29 is 0 Å². The molecule has 0 spiro atoms. The third-order valence-corrected chi connectivity index (χ3v) is 3.08. The molecule has 1 aliphatic rings. The molecule has 1 heterocycles. The van der Waals surface area contributed by atoms with E-state index in [4.69, 9.17) is 0 Å². The summed E-state index contributed by atoms with van der Waals surface area (Å²) in [5.41, 5.74) is 1.14. The van der Waals surface area contributed by atoms with Crippen LogP contribution >= 0.6 is 0 Å². The Hall–Kier alpha value is -1.84. The molecule has 16 heavy (non-hydrogen) atoms. The summed E-state index contributed by atoms with van der Waals surface area (Å²) in [4.78, 5) is 26.7. The van der Waals surface area contributed by atoms with E-state index in [2.05, 4.69) is 4.98 Å². The van der Waals surface area contributed by atoms with Crippen molar-refractivity contribution in [2.45, 2.75) is 25.8 Å². The van der Waals surface area contributed by atoms with Crippen LogP contribution in [-0.2, 0) is 0 Å². The number of nitrogens with zero attached hydrogens (tertiary/aromatic N) is 1. The second kappa shape index (κ2) is 3.07. The molecule has 1 aromatic heterocycles. The van der Waals surface area contributed by atoms with Gasteiger partial charge in [0.2, 0.25) is 0 Å². The summed E-state index contributed by atoms with van der Waals surface area (Å²) in [6.45, 7) is 1.89. The molecule has 1 aromatic carbocycles. The Morgan fingerprint density at radius 1 is 1.31 bits per heavy atom. The third-order valence-electron chi connectivity index (χ3n) is 3.08. The Balaban J connectivity index is 2.48. The maximum Gasteiger partial charge on any atom is 0.329 e. The molecule has 0 bridgehead atoms. The smallest absolute Gasteiger partial charge is 0.306 e. The molecule has 1 N–H and O–H groups in total. The number of aryl methyl sites for hydroxylation is 1. The van der Waals surface area contributed by atoms with Crippen molar-refractivity contribution in [3.63, 3.8) is 0 Å². The summed E-state index contributed by atoms with van der Waals surface area (Å²) in [6.07, 6.45) is 1.86. The van der Waals surface area contributed by atoms with E-state index in [1.165, 1.54) is 4.57 Å². The van der Waals surface area contributed by atoms with Gasteiger partial charge in [-0.3, -0.25) is 9.36 Å². The summed E-state index contributed by atoms with van der Waals surface area (Å²) < 4.78 is 1.35. The van der Waals surface area contributed by atoms with Crippen LogP contribution in [0.5, 0.6) is 0 Å². The molecule has 82 valence electrons. The molecule has 0 amide bonds. The van der Waals surface area contributed by atoms with Crippen LogP contribution < -0.4 is 11.2 Å². The number of hydrogen-bond acceptors (Lipinski definition) is 2. The first-order valence-electron chi connectivity index (χ1n) is 5.42. The van der Waals surface area contributed by atoms with Gasteiger partial charge in [-0.2, -0.15) is 0 Å². The average Bonchev–Trinajstić information content (AvgIpc) is 3.04. The summed E-state index contributed by atoms with van der Waals surface area (Å²) >= 11 is 0. The van der Waals surface area contributed by atoms with Crippen molar-refractivity contribution in [3.8, 4) is 0 Å². The molecule has 0 radical (unpaired) electrons. The molecule has 1 fully saturated rings. The number of rotatable bonds is 1. The first kappa shape index (κ1) is 9.39. The second-order valence-corrected chi connectivity index (χ2v) is 4.33. The van der Waals surface area contributed by atoms with Crippen molar-refractivity contribution in [2.75, 3.05) is 0 Å². The van der Waals surface area contributed by atoms with Crippen molar-refractivity contribution in [1.29, 1.82) is 0 Å². The van der Waals surface area contributed by atoms with Crippen LogP contribution in [0.15, 0.2) is 27.8 Å². The number of nitrogens with one attached hydrogen (secondary N) is 1. The fourth-order valence-electron chi connectivity index (χ4n) is 2.07. The lowest BCUT2D eigenvalue weighted by atomic mass is 10.1. The predicted molar refractivity (Wildman–Crippen MR) is 61.8 cm³/mol. The number of aromatic amines is 1. The van der Waals surface area contributed by atoms with Crippen LogP contribution in [0, 0.1) is 6.92 Å². The van der Waals surface area contributed by atoms with Crippen molar-refractivity contribution in [3.05, 3.63) is 44.6 Å². The lowest BCUT2D eigenvalue weighted by Gasteiger charge is -2.05. The molecule has 1 aliphatic carbocycles. The second-order valence-electron chi connectivity index (χ2n) is 4.33. The molecule has 4 heteroatoms. The molecule has 0 saturated heterocycles. The average molecular weight is 216 g/mol. The molecule has 0 aliphatic heterocycles. The Morgan fingerprint density at radius 2 is 2.06 bits per heavy atom. The van der Waals surface area contributed by atoms with Gasteiger partial charge in [0.1, 0.15) is 0 Å². The fourth-order valence-corrected chi connectivity index (χ4v) is 2.07. The third kappa shape index (κ3) is 1.23. The van der Waals surface area contributed by atoms with Crippen molar-refractivity contribution in [2.24, 2.45) is 0 Å². The largest absolute Gasteiger partial charge is 0.329 e. The zero-order chi connectivity index (χ0) is 11.3. The zero-order valence-corrected chi connectivity index (χ0v) is 8.99. The fraction of sp³-hybridized carbons (Fsp3) is 0.333. The Bertz CT molecular complexity index is 677. The predicted octanol–water partition coefficient (Wildman–Crippen LogP) is 1.33. The highest BCUT2D eigenvalue weighted by molar-refractivity contribution is 5.80. The number of hydrogen-bond donors (Lipinski definition) is 1. The van der Waals surface area contributed by atoms with Crippen LogP contribution in [0.3, 0.4) is 0 Å². The maximum absolute atomic E-state index is 12.1. The maximum atomic E-state index is 12.1. The van der Waals surface area contributed by atoms with Crippen LogP contribution in [0.1, 0.15) is 24.4 Å². The van der Waals surface area contributed by atoms with Gasteiger partial charge in [-0.25, -0.2) is 4.79 Å². The minimum absolute atomic E-state index is 0.112. The number of fused-ring (bicyclic) bond motifs is 1. The zero-order valence-electron chi connectivity index (χ0n) is 8.99. The van der Waals surface area contributed by atoms with E-state index >= 15 is 0 Å². The molecular weight excluding hydrogens is 204 g/mol. The molecule has 0 atom stereocenters. The lowest BCUT2D eigenvalue weighted by molar-refractivity contribution is 0.665. The van der Waals surface area contributed by atoms with Gasteiger partial charge in [-0.05, 0) is 31.4 Å². The standard InChI is InChI=1S/C12H12N2O2/c1-7-3-2-4-9-10(7)13-12(16)14(11(9)15)8-5-6-8/h2-4,8H,5-6H2,1H3,(H,13,16). The highest BCUT2D eigenvalue weighted by Gasteiger charge is 2.27. The number of aromatic nitrogens is 2. The Kier molecular flexibility index (Phi) is 1.80. The number of H-pyrrole nitrogens is 1. The van der Waals surface area contributed by atoms with Crippen LogP contribution in [-0.4, -0.2) is 9.55 Å². The van der Waals surface area contributed by atoms with Crippen LogP contribution in [0.25, 0.3) is 10.9 Å². The van der Waals surface area contributed by atoms with E-state index in [1.807, 2.05) is 19.1 Å². The van der Waals surface area contributed by atoms with Gasteiger partial charge in [0.25, 0.3) is 5.56 Å². The van der Waals surface area contributed by atoms with Gasteiger partial charge >= 0.3 is 5.69 Å². The Labute approximate surface area is 91.5 Å². The van der Waals surface area contributed by atoms with Crippen LogP contribution in [0.2, 0.25) is 0 Å². The van der Waals surface area contributed by atoms with Gasteiger partial charge in [-0.15, -0.1) is 0 Å². The van der Waals surface area contributed by atoms with Gasteiger partial charge in [0.05, 0.1) is 10.9 Å². The van der Waals surface area contributed by atoms with Gasteiger partial charge in [0, 0.05) is 6.04 Å². The first-order valence-corrected chi connectivity index (χ1v) is 5.42. The van der Waals surface area contributed by atoms with Crippen molar-refractivity contribution >= 4 is 10.9 Å². The lowest BCUT2D eigenvalue weighted by Crippen LogP contribution is -2.34. The minimum Gasteiger partial charge on any atom is -0.306 e. The Morgan fingerprint density at radius 3 is 2.75 bits per heavy atom. The van der Waals surface area contributed by atoms with E-state index < -0.39 is 0 Å². The summed E-state index contributed by atoms with van der Waals surface area (Å²) in [5.74, 6) is 0. The monoisotopic (exact) mass is 216 g/mol. The molecular formula is C12H12N2O2. The molecule has 0 unspecified atom stereocenters. The molecule has 3 rings (SSSR count). The van der Waals surface area contributed by atoms with E-state index in [0.29, 0.717) is 10.9 Å². The van der Waals surface area contributed by atoms with Gasteiger partial charge in [0.15, 0.2) is 0 Å². The molecule has 1 saturated carbocycles.